The van der Waals surface area contributed by atoms with Crippen LogP contribution in [-0.4, -0.2) is 0 Å². The molecule has 2 N–H and O–H groups in total. The molecule has 0 fully saturated rings. The Morgan fingerprint density at radius 3 is 0.840 bits per heavy atom. The van der Waals surface area contributed by atoms with Gasteiger partial charge in [-0.15, -0.1) is 0 Å². The van der Waals surface area contributed by atoms with E-state index in [1.807, 2.05) is 0 Å². The summed E-state index contributed by atoms with van der Waals surface area (Å²) in [5.41, 5.74) is 22.1. The second-order valence-corrected chi connectivity index (χ2v) is 13.6. The molecule has 7 aromatic rings. The molecule has 246 valence electrons. The van der Waals surface area contributed by atoms with Gasteiger partial charge in [0, 0.05) is 22.7 Å². The van der Waals surface area contributed by atoms with Crippen LogP contribution in [0.3, 0.4) is 0 Å². The molecule has 0 saturated carbocycles. The van der Waals surface area contributed by atoms with Gasteiger partial charge in [0.15, 0.2) is 0 Å². The van der Waals surface area contributed by atoms with Gasteiger partial charge in [0.2, 0.25) is 0 Å². The molecule has 0 aliphatic rings. The average molecular weight is 649 g/mol. The molecule has 0 unspecified atom stereocenters. The van der Waals surface area contributed by atoms with E-state index in [1.54, 1.807) is 0 Å². The van der Waals surface area contributed by atoms with Crippen molar-refractivity contribution in [1.29, 1.82) is 0 Å². The normalized spacial score (nSPS) is 11.0. The van der Waals surface area contributed by atoms with Crippen molar-refractivity contribution >= 4 is 22.7 Å². The number of rotatable bonds is 8. The number of benzene rings is 7. The molecule has 2 heteroatoms. The molecule has 2 nitrogen and oxygen atoms in total. The molecule has 0 heterocycles. The van der Waals surface area contributed by atoms with Crippen molar-refractivity contribution < 1.29 is 0 Å². The number of nitrogens with one attached hydrogen (secondary N) is 2. The Morgan fingerprint density at radius 2 is 0.540 bits per heavy atom. The first-order valence-corrected chi connectivity index (χ1v) is 17.4. The van der Waals surface area contributed by atoms with Crippen LogP contribution in [0, 0.1) is 41.5 Å². The van der Waals surface area contributed by atoms with Gasteiger partial charge in [-0.3, -0.25) is 0 Å². The van der Waals surface area contributed by atoms with Gasteiger partial charge in [0.1, 0.15) is 0 Å². The smallest absolute Gasteiger partial charge is 0.0387 e. The number of hydrogen-bond donors (Lipinski definition) is 2. The topological polar surface area (TPSA) is 24.1 Å². The number of hydrogen-bond acceptors (Lipinski definition) is 2. The van der Waals surface area contributed by atoms with Gasteiger partial charge in [-0.1, -0.05) is 97.1 Å². The molecule has 7 aromatic carbocycles. The van der Waals surface area contributed by atoms with Gasteiger partial charge in [-0.2, -0.15) is 0 Å². The van der Waals surface area contributed by atoms with Crippen LogP contribution in [0.2, 0.25) is 0 Å². The predicted molar refractivity (Wildman–Crippen MR) is 216 cm³/mol. The number of aryl methyl sites for hydroxylation is 6. The maximum Gasteiger partial charge on any atom is 0.0387 e. The zero-order valence-electron chi connectivity index (χ0n) is 29.9. The summed E-state index contributed by atoms with van der Waals surface area (Å²) in [7, 11) is 0. The molecule has 7 rings (SSSR count). The molecule has 0 saturated heterocycles. The van der Waals surface area contributed by atoms with E-state index < -0.39 is 0 Å². The van der Waals surface area contributed by atoms with Crippen molar-refractivity contribution in [3.8, 4) is 44.5 Å². The lowest BCUT2D eigenvalue weighted by atomic mass is 9.89. The second-order valence-electron chi connectivity index (χ2n) is 13.6. The van der Waals surface area contributed by atoms with Crippen molar-refractivity contribution in [2.75, 3.05) is 10.6 Å². The minimum Gasteiger partial charge on any atom is -0.356 e. The van der Waals surface area contributed by atoms with Gasteiger partial charge < -0.3 is 10.6 Å². The Kier molecular flexibility index (Phi) is 9.11. The maximum atomic E-state index is 3.63. The SMILES string of the molecule is Cc1cc(Nc2ccc(-c3cc(C)c(-c4ccc(Nc5ccc(-c6ccccc6)c(C)c5)cc4C)cc3C)c(C)c2)ccc1-c1ccccc1. The fourth-order valence-corrected chi connectivity index (χ4v) is 7.18. The summed E-state index contributed by atoms with van der Waals surface area (Å²) in [5, 5.41) is 7.26. The van der Waals surface area contributed by atoms with E-state index in [2.05, 4.69) is 198 Å². The highest BCUT2D eigenvalue weighted by Gasteiger charge is 2.13. The van der Waals surface area contributed by atoms with Crippen molar-refractivity contribution in [1.82, 2.24) is 0 Å². The highest BCUT2D eigenvalue weighted by molar-refractivity contribution is 5.82. The van der Waals surface area contributed by atoms with Crippen LogP contribution in [0.4, 0.5) is 22.7 Å². The summed E-state index contributed by atoms with van der Waals surface area (Å²) >= 11 is 0. The lowest BCUT2D eigenvalue weighted by molar-refractivity contribution is 1.35. The van der Waals surface area contributed by atoms with E-state index in [-0.39, 0.29) is 0 Å². The van der Waals surface area contributed by atoms with Crippen LogP contribution in [0.5, 0.6) is 0 Å². The zero-order valence-corrected chi connectivity index (χ0v) is 29.9. The third-order valence-electron chi connectivity index (χ3n) is 9.80. The predicted octanol–water partition coefficient (Wildman–Crippen LogP) is 13.7. The van der Waals surface area contributed by atoms with Gasteiger partial charge in [0.25, 0.3) is 0 Å². The molecule has 0 amide bonds. The summed E-state index contributed by atoms with van der Waals surface area (Å²) in [4.78, 5) is 0. The Balaban J connectivity index is 1.08. The quantitative estimate of drug-likeness (QED) is 0.171. The molecule has 0 bridgehead atoms. The summed E-state index contributed by atoms with van der Waals surface area (Å²) in [5.74, 6) is 0. The molecule has 0 aliphatic heterocycles. The van der Waals surface area contributed by atoms with Crippen molar-refractivity contribution in [2.24, 2.45) is 0 Å². The fourth-order valence-electron chi connectivity index (χ4n) is 7.18. The summed E-state index contributed by atoms with van der Waals surface area (Å²) in [6, 6.07) is 52.5. The molecule has 50 heavy (non-hydrogen) atoms. The van der Waals surface area contributed by atoms with E-state index in [4.69, 9.17) is 0 Å². The summed E-state index contributed by atoms with van der Waals surface area (Å²) in [6.07, 6.45) is 0. The molecule has 0 aromatic heterocycles. The second kappa shape index (κ2) is 13.9. The van der Waals surface area contributed by atoms with Gasteiger partial charge >= 0.3 is 0 Å². The standard InChI is InChI=1S/C48H44N2/c1-31-25-39(17-21-43(31)37-13-9-7-10-14-37)49-41-19-23-45(33(3)27-41)47-29-36(6)48(30-35(47)5)46-24-20-42(28-34(46)4)50-40-18-22-44(32(2)26-40)38-15-11-8-12-16-38/h7-30,49-50H,1-6H3. The van der Waals surface area contributed by atoms with Crippen LogP contribution >= 0.6 is 0 Å². The molecule has 0 atom stereocenters. The van der Waals surface area contributed by atoms with Crippen LogP contribution in [0.25, 0.3) is 44.5 Å². The lowest BCUT2D eigenvalue weighted by Gasteiger charge is -2.18. The Bertz CT molecular complexity index is 2150. The molecule has 0 aliphatic carbocycles. The van der Waals surface area contributed by atoms with Crippen molar-refractivity contribution in [2.45, 2.75) is 41.5 Å². The Morgan fingerprint density at radius 1 is 0.260 bits per heavy atom. The van der Waals surface area contributed by atoms with E-state index in [0.29, 0.717) is 0 Å². The van der Waals surface area contributed by atoms with Crippen LogP contribution in [-0.2, 0) is 0 Å². The molecular formula is C48H44N2. The lowest BCUT2D eigenvalue weighted by Crippen LogP contribution is -1.96. The van der Waals surface area contributed by atoms with E-state index in [9.17, 15) is 0 Å². The summed E-state index contributed by atoms with van der Waals surface area (Å²) < 4.78 is 0. The first kappa shape index (κ1) is 32.7. The third-order valence-corrected chi connectivity index (χ3v) is 9.80. The van der Waals surface area contributed by atoms with Gasteiger partial charge in [-0.25, -0.2) is 0 Å². The highest BCUT2D eigenvalue weighted by atomic mass is 14.9. The van der Waals surface area contributed by atoms with Gasteiger partial charge in [-0.05, 0) is 168 Å². The Hall–Kier alpha value is -5.86. The van der Waals surface area contributed by atoms with Crippen LogP contribution in [0.1, 0.15) is 33.4 Å². The molecular weight excluding hydrogens is 605 g/mol. The van der Waals surface area contributed by atoms with E-state index in [1.165, 1.54) is 77.9 Å². The maximum absolute atomic E-state index is 3.63. The highest BCUT2D eigenvalue weighted by Crippen LogP contribution is 2.37. The minimum atomic E-state index is 1.09. The largest absolute Gasteiger partial charge is 0.356 e. The Labute approximate surface area is 297 Å². The van der Waals surface area contributed by atoms with E-state index in [0.717, 1.165) is 22.7 Å². The first-order valence-electron chi connectivity index (χ1n) is 17.4. The van der Waals surface area contributed by atoms with Crippen molar-refractivity contribution in [3.05, 3.63) is 179 Å². The minimum absolute atomic E-state index is 1.09. The zero-order chi connectivity index (χ0) is 34.8. The monoisotopic (exact) mass is 648 g/mol. The van der Waals surface area contributed by atoms with Crippen LogP contribution in [0.15, 0.2) is 146 Å². The molecule has 0 spiro atoms. The van der Waals surface area contributed by atoms with Gasteiger partial charge in [0.05, 0.1) is 0 Å². The van der Waals surface area contributed by atoms with Crippen LogP contribution < -0.4 is 10.6 Å². The summed E-state index contributed by atoms with van der Waals surface area (Å²) in [6.45, 7) is 13.2. The third kappa shape index (κ3) is 6.84. The molecule has 0 radical (unpaired) electrons. The average Bonchev–Trinajstić information content (AvgIpc) is 3.10. The van der Waals surface area contributed by atoms with E-state index >= 15 is 0 Å². The fraction of sp³-hybridized carbons (Fsp3) is 0.125. The van der Waals surface area contributed by atoms with Crippen molar-refractivity contribution in [3.63, 3.8) is 0 Å². The number of anilines is 4. The first-order chi connectivity index (χ1) is 24.2.